The van der Waals surface area contributed by atoms with Crippen LogP contribution in [0.5, 0.6) is 0 Å². The number of rotatable bonds is 12. The Morgan fingerprint density at radius 3 is 2.42 bits per heavy atom. The van der Waals surface area contributed by atoms with Crippen LogP contribution in [0.25, 0.3) is 0 Å². The van der Waals surface area contributed by atoms with E-state index in [9.17, 15) is 19.5 Å². The number of thioether (sulfide) groups is 1. The molecule has 0 aromatic heterocycles. The topological polar surface area (TPSA) is 90.4 Å². The molecule has 1 spiro atoms. The Hall–Kier alpha value is -2.52. The number of fused-ring (bicyclic) bond motifs is 1. The summed E-state index contributed by atoms with van der Waals surface area (Å²) in [5.41, 5.74) is 1.82. The lowest BCUT2D eigenvalue weighted by atomic mass is 9.66. The largest absolute Gasteiger partial charge is 0.466 e. The number of esters is 1. The fourth-order valence-corrected chi connectivity index (χ4v) is 9.15. The van der Waals surface area contributed by atoms with Gasteiger partial charge in [-0.25, -0.2) is 0 Å². The molecule has 8 nitrogen and oxygen atoms in total. The molecule has 2 amide bonds. The highest BCUT2D eigenvalue weighted by atomic mass is 32.2. The first-order chi connectivity index (χ1) is 18.2. The highest BCUT2D eigenvalue weighted by Crippen LogP contribution is 2.71. The lowest BCUT2D eigenvalue weighted by molar-refractivity contribution is -0.155. The summed E-state index contributed by atoms with van der Waals surface area (Å²) >= 11 is 1.63. The van der Waals surface area contributed by atoms with E-state index in [0.717, 1.165) is 30.9 Å². The Labute approximate surface area is 230 Å². The van der Waals surface area contributed by atoms with E-state index in [-0.39, 0.29) is 37.5 Å². The summed E-state index contributed by atoms with van der Waals surface area (Å²) in [6.45, 7) is 14.4. The maximum atomic E-state index is 14.5. The number of nitrogens with zero attached hydrogens (tertiary/aromatic N) is 3. The Bertz CT molecular complexity index is 1060. The van der Waals surface area contributed by atoms with Crippen molar-refractivity contribution < 1.29 is 24.2 Å². The molecule has 1 N–H and O–H groups in total. The zero-order valence-electron chi connectivity index (χ0n) is 23.0. The molecular formula is C29H41N3O5S. The molecule has 3 saturated heterocycles. The van der Waals surface area contributed by atoms with Crippen molar-refractivity contribution >= 4 is 40.9 Å². The minimum Gasteiger partial charge on any atom is -0.466 e. The quantitative estimate of drug-likeness (QED) is 0.319. The fourth-order valence-electron chi connectivity index (χ4n) is 6.81. The van der Waals surface area contributed by atoms with Crippen molar-refractivity contribution in [1.82, 2.24) is 4.90 Å². The predicted molar refractivity (Wildman–Crippen MR) is 151 cm³/mol. The minimum atomic E-state index is -0.736. The van der Waals surface area contributed by atoms with Gasteiger partial charge >= 0.3 is 5.97 Å². The summed E-state index contributed by atoms with van der Waals surface area (Å²) < 4.78 is 4.27. The van der Waals surface area contributed by atoms with Crippen LogP contribution < -0.4 is 9.80 Å². The van der Waals surface area contributed by atoms with E-state index >= 15 is 0 Å². The Kier molecular flexibility index (Phi) is 8.47. The molecule has 1 aromatic carbocycles. The summed E-state index contributed by atoms with van der Waals surface area (Å²) in [7, 11) is 0. The van der Waals surface area contributed by atoms with Gasteiger partial charge in [-0.1, -0.05) is 6.08 Å². The van der Waals surface area contributed by atoms with Gasteiger partial charge in [-0.15, -0.1) is 18.3 Å². The van der Waals surface area contributed by atoms with Crippen LogP contribution in [0.1, 0.15) is 47.0 Å². The van der Waals surface area contributed by atoms with Gasteiger partial charge in [-0.05, 0) is 71.2 Å². The molecular weight excluding hydrogens is 502 g/mol. The van der Waals surface area contributed by atoms with Crippen molar-refractivity contribution in [1.29, 1.82) is 0 Å². The van der Waals surface area contributed by atoms with E-state index in [4.69, 9.17) is 4.74 Å². The second-order valence-corrected chi connectivity index (χ2v) is 12.4. The first-order valence-electron chi connectivity index (χ1n) is 13.8. The van der Waals surface area contributed by atoms with Crippen LogP contribution in [-0.4, -0.2) is 82.7 Å². The van der Waals surface area contributed by atoms with Crippen LogP contribution >= 0.6 is 11.8 Å². The molecule has 5 atom stereocenters. The molecule has 0 radical (unpaired) electrons. The third-order valence-electron chi connectivity index (χ3n) is 8.48. The van der Waals surface area contributed by atoms with E-state index in [1.807, 2.05) is 31.2 Å². The Balaban J connectivity index is 1.74. The highest BCUT2D eigenvalue weighted by molar-refractivity contribution is 8.02. The van der Waals surface area contributed by atoms with Crippen molar-refractivity contribution in [3.05, 3.63) is 36.9 Å². The Morgan fingerprint density at radius 2 is 1.84 bits per heavy atom. The third-order valence-corrected chi connectivity index (χ3v) is 10.5. The van der Waals surface area contributed by atoms with Crippen LogP contribution in [0.15, 0.2) is 36.9 Å². The predicted octanol–water partition coefficient (Wildman–Crippen LogP) is 3.48. The van der Waals surface area contributed by atoms with Gasteiger partial charge in [0.1, 0.15) is 6.04 Å². The molecule has 1 aromatic rings. The zero-order valence-corrected chi connectivity index (χ0v) is 23.8. The summed E-state index contributed by atoms with van der Waals surface area (Å²) in [6.07, 6.45) is 3.48. The number of hydrogen-bond acceptors (Lipinski definition) is 7. The molecule has 3 aliphatic rings. The molecule has 2 bridgehead atoms. The molecule has 2 unspecified atom stereocenters. The molecule has 3 heterocycles. The van der Waals surface area contributed by atoms with E-state index in [1.165, 1.54) is 0 Å². The number of carbonyl (C=O) groups excluding carboxylic acids is 3. The van der Waals surface area contributed by atoms with Gasteiger partial charge in [0.2, 0.25) is 5.91 Å². The normalized spacial score (nSPS) is 29.3. The van der Waals surface area contributed by atoms with Crippen molar-refractivity contribution in [2.45, 2.75) is 62.5 Å². The number of hydrogen-bond donors (Lipinski definition) is 1. The Morgan fingerprint density at radius 1 is 1.18 bits per heavy atom. The van der Waals surface area contributed by atoms with Crippen molar-refractivity contribution in [2.75, 3.05) is 49.2 Å². The molecule has 208 valence electrons. The molecule has 3 aliphatic heterocycles. The first-order valence-corrected chi connectivity index (χ1v) is 14.6. The molecule has 3 fully saturated rings. The fraction of sp³-hybridized carbons (Fsp3) is 0.621. The number of benzene rings is 1. The van der Waals surface area contributed by atoms with Crippen LogP contribution in [0, 0.1) is 11.8 Å². The van der Waals surface area contributed by atoms with E-state index < -0.39 is 27.4 Å². The van der Waals surface area contributed by atoms with E-state index in [1.54, 1.807) is 34.6 Å². The average Bonchev–Trinajstić information content (AvgIpc) is 3.47. The van der Waals surface area contributed by atoms with E-state index in [2.05, 4.69) is 25.3 Å². The number of aliphatic hydroxyl groups is 1. The maximum Gasteiger partial charge on any atom is 0.311 e. The maximum absolute atomic E-state index is 14.5. The minimum absolute atomic E-state index is 0.0856. The molecule has 0 aliphatic carbocycles. The standard InChI is InChI=1S/C29H41N3O5S/c1-6-17-31(21-13-11-20(12-14-21)30(7-2)8-3)26(35)24-29-16-15-28(5,38-29)23(27(36)37-9-4)22(29)25(34)32(24)18-10-19-33/h6,11-14,22-24,33H,1,7-10,15-19H2,2-5H3/t22-,23+,24?,28-,29?/m0/s1. The lowest BCUT2D eigenvalue weighted by Gasteiger charge is -2.37. The number of amides is 2. The summed E-state index contributed by atoms with van der Waals surface area (Å²) in [6, 6.07) is 7.19. The van der Waals surface area contributed by atoms with Crippen LogP contribution in [-0.2, 0) is 19.1 Å². The van der Waals surface area contributed by atoms with Gasteiger partial charge in [0.25, 0.3) is 5.91 Å². The van der Waals surface area contributed by atoms with Crippen molar-refractivity contribution in [3.8, 4) is 0 Å². The second-order valence-electron chi connectivity index (χ2n) is 10.5. The zero-order chi connectivity index (χ0) is 27.7. The second kappa shape index (κ2) is 11.3. The van der Waals surface area contributed by atoms with Gasteiger partial charge in [-0.3, -0.25) is 14.4 Å². The van der Waals surface area contributed by atoms with Gasteiger partial charge in [0, 0.05) is 48.9 Å². The van der Waals surface area contributed by atoms with Crippen molar-refractivity contribution in [3.63, 3.8) is 0 Å². The van der Waals surface area contributed by atoms with Gasteiger partial charge in [-0.2, -0.15) is 0 Å². The molecule has 38 heavy (non-hydrogen) atoms. The lowest BCUT2D eigenvalue weighted by Crippen LogP contribution is -2.55. The highest BCUT2D eigenvalue weighted by Gasteiger charge is 2.77. The molecule has 4 rings (SSSR count). The average molecular weight is 544 g/mol. The van der Waals surface area contributed by atoms with Gasteiger partial charge in [0.05, 0.1) is 23.2 Å². The van der Waals surface area contributed by atoms with Crippen LogP contribution in [0.4, 0.5) is 11.4 Å². The van der Waals surface area contributed by atoms with Crippen LogP contribution in [0.3, 0.4) is 0 Å². The number of anilines is 2. The summed E-state index contributed by atoms with van der Waals surface area (Å²) in [5.74, 6) is -1.91. The first kappa shape index (κ1) is 28.5. The van der Waals surface area contributed by atoms with Gasteiger partial charge in [0.15, 0.2) is 0 Å². The smallest absolute Gasteiger partial charge is 0.311 e. The van der Waals surface area contributed by atoms with E-state index in [0.29, 0.717) is 19.4 Å². The third kappa shape index (κ3) is 4.51. The van der Waals surface area contributed by atoms with Crippen molar-refractivity contribution in [2.24, 2.45) is 11.8 Å². The number of carbonyl (C=O) groups is 3. The summed E-state index contributed by atoms with van der Waals surface area (Å²) in [5, 5.41) is 9.57. The molecule has 0 saturated carbocycles. The number of aliphatic hydroxyl groups excluding tert-OH is 1. The monoisotopic (exact) mass is 543 g/mol. The number of ether oxygens (including phenoxy) is 1. The van der Waals surface area contributed by atoms with Gasteiger partial charge < -0.3 is 24.5 Å². The molecule has 9 heteroatoms. The SMILES string of the molecule is C=CCN(C(=O)C1N(CCCO)C(=O)[C@@H]2[C@H](C(=O)OCC)[C@]3(C)CCC12S3)c1ccc(N(CC)CC)cc1. The summed E-state index contributed by atoms with van der Waals surface area (Å²) in [4.78, 5) is 47.2. The van der Waals surface area contributed by atoms with Crippen LogP contribution in [0.2, 0.25) is 0 Å². The number of likely N-dealkylation sites (tertiary alicyclic amines) is 1.